The molecular weight excluding hydrogens is 492 g/mol. The number of amides is 4. The topological polar surface area (TPSA) is 88.3 Å². The molecule has 0 aromatic heterocycles. The number of likely N-dealkylation sites (tertiary alicyclic amines) is 2. The van der Waals surface area contributed by atoms with Crippen LogP contribution < -0.4 is 10.5 Å². The molecule has 4 amide bonds. The van der Waals surface area contributed by atoms with Gasteiger partial charge in [0.2, 0.25) is 0 Å². The number of rotatable bonds is 10. The zero-order chi connectivity index (χ0) is 28.8. The first-order valence-corrected chi connectivity index (χ1v) is 14.5. The number of methoxy groups -OCH3 is 1. The van der Waals surface area contributed by atoms with Crippen molar-refractivity contribution in [2.45, 2.75) is 67.3 Å². The summed E-state index contributed by atoms with van der Waals surface area (Å²) in [5.74, 6) is 1.96. The Bertz CT molecular complexity index is 937. The highest BCUT2D eigenvalue weighted by Crippen LogP contribution is 2.34. The third-order valence-corrected chi connectivity index (χ3v) is 7.86. The molecular formula is C31H52N4O4. The van der Waals surface area contributed by atoms with Crippen molar-refractivity contribution in [2.75, 3.05) is 53.0 Å². The molecule has 2 N–H and O–H groups in total. The average Bonchev–Trinajstić information content (AvgIpc) is 3.46. The van der Waals surface area contributed by atoms with E-state index in [0.717, 1.165) is 43.7 Å². The number of hydrogen-bond donors (Lipinski definition) is 1. The van der Waals surface area contributed by atoms with Crippen LogP contribution in [0.1, 0.15) is 66.4 Å². The summed E-state index contributed by atoms with van der Waals surface area (Å²) in [4.78, 5) is 31.2. The lowest BCUT2D eigenvalue weighted by Gasteiger charge is -2.30. The van der Waals surface area contributed by atoms with Gasteiger partial charge in [-0.05, 0) is 59.6 Å². The third-order valence-electron chi connectivity index (χ3n) is 7.86. The fraction of sp³-hybridized carbons (Fsp3) is 0.742. The van der Waals surface area contributed by atoms with Crippen LogP contribution in [-0.4, -0.2) is 79.8 Å². The normalized spacial score (nSPS) is 21.9. The van der Waals surface area contributed by atoms with Gasteiger partial charge in [-0.3, -0.25) is 0 Å². The average molecular weight is 545 g/mol. The molecule has 8 nitrogen and oxygen atoms in total. The second-order valence-corrected chi connectivity index (χ2v) is 14.0. The Labute approximate surface area is 236 Å². The van der Waals surface area contributed by atoms with Crippen LogP contribution in [0.2, 0.25) is 0 Å². The summed E-state index contributed by atoms with van der Waals surface area (Å²) in [6, 6.07) is 7.62. The Balaban J connectivity index is 1.61. The first kappa shape index (κ1) is 31.1. The molecule has 3 rings (SSSR count). The molecule has 39 heavy (non-hydrogen) atoms. The van der Waals surface area contributed by atoms with E-state index < -0.39 is 0 Å². The van der Waals surface area contributed by atoms with Gasteiger partial charge < -0.3 is 29.9 Å². The van der Waals surface area contributed by atoms with E-state index in [0.29, 0.717) is 51.2 Å². The fourth-order valence-corrected chi connectivity index (χ4v) is 6.17. The van der Waals surface area contributed by atoms with E-state index in [1.54, 1.807) is 12.0 Å². The molecule has 3 unspecified atom stereocenters. The molecule has 0 aliphatic carbocycles. The predicted octanol–water partition coefficient (Wildman–Crippen LogP) is 5.45. The SMILES string of the molecule is COc1ccc(CN(CCOCC2CN(C(N)=O)CC2CC(C)(C)C)C(=O)N2CCC(CC(C)(C)C)C2)cc1. The zero-order valence-electron chi connectivity index (χ0n) is 25.4. The van der Waals surface area contributed by atoms with E-state index in [1.807, 2.05) is 34.1 Å². The number of carbonyl (C=O) groups excluding carboxylic acids is 2. The van der Waals surface area contributed by atoms with Gasteiger partial charge in [-0.25, -0.2) is 9.59 Å². The van der Waals surface area contributed by atoms with Crippen molar-refractivity contribution in [3.8, 4) is 5.75 Å². The summed E-state index contributed by atoms with van der Waals surface area (Å²) in [7, 11) is 1.66. The first-order chi connectivity index (χ1) is 18.2. The van der Waals surface area contributed by atoms with Crippen LogP contribution >= 0.6 is 0 Å². The largest absolute Gasteiger partial charge is 0.497 e. The van der Waals surface area contributed by atoms with E-state index in [9.17, 15) is 9.59 Å². The van der Waals surface area contributed by atoms with Gasteiger partial charge in [0.05, 0.1) is 20.3 Å². The van der Waals surface area contributed by atoms with Crippen LogP contribution in [0.3, 0.4) is 0 Å². The van der Waals surface area contributed by atoms with E-state index in [-0.39, 0.29) is 28.8 Å². The molecule has 220 valence electrons. The zero-order valence-corrected chi connectivity index (χ0v) is 25.4. The molecule has 3 atom stereocenters. The highest BCUT2D eigenvalue weighted by molar-refractivity contribution is 5.75. The van der Waals surface area contributed by atoms with Crippen LogP contribution in [0.5, 0.6) is 5.75 Å². The van der Waals surface area contributed by atoms with Crippen molar-refractivity contribution >= 4 is 12.1 Å². The number of hydrogen-bond acceptors (Lipinski definition) is 4. The van der Waals surface area contributed by atoms with Gasteiger partial charge in [-0.15, -0.1) is 0 Å². The Kier molecular flexibility index (Phi) is 10.5. The van der Waals surface area contributed by atoms with E-state index in [1.165, 1.54) is 0 Å². The molecule has 8 heteroatoms. The summed E-state index contributed by atoms with van der Waals surface area (Å²) in [5, 5.41) is 0. The number of urea groups is 2. The number of benzene rings is 1. The van der Waals surface area contributed by atoms with Crippen molar-refractivity contribution in [1.29, 1.82) is 0 Å². The molecule has 2 aliphatic rings. The van der Waals surface area contributed by atoms with Crippen LogP contribution in [0.25, 0.3) is 0 Å². The van der Waals surface area contributed by atoms with Gasteiger partial charge in [0.25, 0.3) is 0 Å². The molecule has 2 heterocycles. The Morgan fingerprint density at radius 1 is 0.949 bits per heavy atom. The molecule has 2 fully saturated rings. The van der Waals surface area contributed by atoms with Crippen molar-refractivity contribution in [3.63, 3.8) is 0 Å². The molecule has 1 aromatic rings. The monoisotopic (exact) mass is 544 g/mol. The third kappa shape index (κ3) is 9.89. The lowest BCUT2D eigenvalue weighted by molar-refractivity contribution is 0.0646. The number of nitrogens with two attached hydrogens (primary N) is 1. The predicted molar refractivity (Wildman–Crippen MR) is 156 cm³/mol. The molecule has 2 saturated heterocycles. The maximum Gasteiger partial charge on any atom is 0.320 e. The minimum atomic E-state index is -0.358. The van der Waals surface area contributed by atoms with Gasteiger partial charge in [-0.1, -0.05) is 53.7 Å². The minimum Gasteiger partial charge on any atom is -0.497 e. The standard InChI is InChI=1S/C31H52N4O4/c1-30(2,3)16-24-12-13-33(19-24)29(37)34(18-23-8-10-27(38-7)11-9-23)14-15-39-22-26-21-35(28(32)36)20-25(26)17-31(4,5)6/h8-11,24-26H,12-22H2,1-7H3,(H2,32,36). The number of ether oxygens (including phenoxy) is 2. The van der Waals surface area contributed by atoms with Gasteiger partial charge in [0, 0.05) is 45.2 Å². The van der Waals surface area contributed by atoms with Crippen LogP contribution in [-0.2, 0) is 11.3 Å². The highest BCUT2D eigenvalue weighted by Gasteiger charge is 2.37. The Morgan fingerprint density at radius 3 is 2.18 bits per heavy atom. The molecule has 1 aromatic carbocycles. The van der Waals surface area contributed by atoms with Gasteiger partial charge in [0.15, 0.2) is 0 Å². The van der Waals surface area contributed by atoms with Gasteiger partial charge in [-0.2, -0.15) is 0 Å². The minimum absolute atomic E-state index is 0.0807. The van der Waals surface area contributed by atoms with Gasteiger partial charge >= 0.3 is 12.1 Å². The summed E-state index contributed by atoms with van der Waals surface area (Å²) in [6.45, 7) is 18.5. The summed E-state index contributed by atoms with van der Waals surface area (Å²) in [5.41, 5.74) is 7.09. The summed E-state index contributed by atoms with van der Waals surface area (Å²) >= 11 is 0. The molecule has 0 radical (unpaired) electrons. The van der Waals surface area contributed by atoms with Crippen molar-refractivity contribution in [1.82, 2.24) is 14.7 Å². The number of primary amides is 1. The summed E-state index contributed by atoms with van der Waals surface area (Å²) in [6.07, 6.45) is 3.19. The maximum atomic E-state index is 13.7. The summed E-state index contributed by atoms with van der Waals surface area (Å²) < 4.78 is 11.5. The van der Waals surface area contributed by atoms with Crippen LogP contribution in [0.4, 0.5) is 9.59 Å². The quantitative estimate of drug-likeness (QED) is 0.397. The maximum absolute atomic E-state index is 13.7. The van der Waals surface area contributed by atoms with Crippen LogP contribution in [0, 0.1) is 28.6 Å². The van der Waals surface area contributed by atoms with Gasteiger partial charge in [0.1, 0.15) is 5.75 Å². The fourth-order valence-electron chi connectivity index (χ4n) is 6.17. The van der Waals surface area contributed by atoms with Crippen molar-refractivity contribution < 1.29 is 19.1 Å². The smallest absolute Gasteiger partial charge is 0.320 e. The number of nitrogens with zero attached hydrogens (tertiary/aromatic N) is 3. The van der Waals surface area contributed by atoms with E-state index in [2.05, 4.69) is 41.5 Å². The Morgan fingerprint density at radius 2 is 1.59 bits per heavy atom. The molecule has 2 aliphatic heterocycles. The van der Waals surface area contributed by atoms with Crippen molar-refractivity contribution in [2.24, 2.45) is 34.3 Å². The first-order valence-electron chi connectivity index (χ1n) is 14.5. The lowest BCUT2D eigenvalue weighted by atomic mass is 9.80. The van der Waals surface area contributed by atoms with E-state index in [4.69, 9.17) is 15.2 Å². The lowest BCUT2D eigenvalue weighted by Crippen LogP contribution is -2.43. The second kappa shape index (κ2) is 13.2. The molecule has 0 saturated carbocycles. The van der Waals surface area contributed by atoms with Crippen molar-refractivity contribution in [3.05, 3.63) is 29.8 Å². The molecule has 0 spiro atoms. The second-order valence-electron chi connectivity index (χ2n) is 14.0. The number of carbonyl (C=O) groups is 2. The highest BCUT2D eigenvalue weighted by atomic mass is 16.5. The van der Waals surface area contributed by atoms with E-state index >= 15 is 0 Å². The molecule has 0 bridgehead atoms. The Hall–Kier alpha value is -2.48. The van der Waals surface area contributed by atoms with Crippen LogP contribution in [0.15, 0.2) is 24.3 Å².